The fourth-order valence-corrected chi connectivity index (χ4v) is 3.28. The first-order chi connectivity index (χ1) is 14.0. The summed E-state index contributed by atoms with van der Waals surface area (Å²) in [6.45, 7) is 3.40. The number of benzene rings is 2. The van der Waals surface area contributed by atoms with Crippen molar-refractivity contribution in [3.63, 3.8) is 0 Å². The third-order valence-electron chi connectivity index (χ3n) is 4.46. The van der Waals surface area contributed by atoms with Crippen molar-refractivity contribution in [2.45, 2.75) is 0 Å². The Morgan fingerprint density at radius 3 is 2.24 bits per heavy atom. The van der Waals surface area contributed by atoms with E-state index < -0.39 is 0 Å². The average molecular weight is 417 g/mol. The molecular weight excluding hydrogens is 392 g/mol. The smallest absolute Gasteiger partial charge is 0.238 e. The molecule has 1 saturated heterocycles. The Balaban J connectivity index is 1.44. The molecule has 0 atom stereocenters. The minimum Gasteiger partial charge on any atom is -0.378 e. The van der Waals surface area contributed by atoms with E-state index in [2.05, 4.69) is 15.5 Å². The molecular formula is C21H25ClN4O3. The predicted molar refractivity (Wildman–Crippen MR) is 116 cm³/mol. The molecule has 0 aliphatic carbocycles. The van der Waals surface area contributed by atoms with Gasteiger partial charge in [-0.05, 0) is 49.5 Å². The number of ether oxygens (including phenoxy) is 1. The van der Waals surface area contributed by atoms with Gasteiger partial charge in [0, 0.05) is 35.2 Å². The van der Waals surface area contributed by atoms with E-state index in [0.717, 1.165) is 37.7 Å². The van der Waals surface area contributed by atoms with Crippen LogP contribution in [0.25, 0.3) is 0 Å². The van der Waals surface area contributed by atoms with Crippen LogP contribution in [-0.4, -0.2) is 63.2 Å². The zero-order valence-electron chi connectivity index (χ0n) is 16.4. The minimum atomic E-state index is -0.211. The number of morpholine rings is 1. The van der Waals surface area contributed by atoms with Crippen LogP contribution >= 0.6 is 11.6 Å². The molecule has 2 N–H and O–H groups in total. The van der Waals surface area contributed by atoms with Crippen molar-refractivity contribution in [2.75, 3.05) is 62.0 Å². The largest absolute Gasteiger partial charge is 0.378 e. The molecule has 2 aromatic carbocycles. The van der Waals surface area contributed by atoms with E-state index in [1.807, 2.05) is 24.3 Å². The van der Waals surface area contributed by atoms with E-state index in [4.69, 9.17) is 16.3 Å². The Labute approximate surface area is 175 Å². The van der Waals surface area contributed by atoms with Crippen LogP contribution in [0.3, 0.4) is 0 Å². The first kappa shape index (κ1) is 21.1. The number of rotatable bonds is 7. The van der Waals surface area contributed by atoms with Gasteiger partial charge in [0.15, 0.2) is 0 Å². The fraction of sp³-hybridized carbons (Fsp3) is 0.333. The minimum absolute atomic E-state index is 0.0932. The number of hydrogen-bond acceptors (Lipinski definition) is 5. The lowest BCUT2D eigenvalue weighted by atomic mass is 10.2. The van der Waals surface area contributed by atoms with E-state index in [1.54, 1.807) is 36.2 Å². The van der Waals surface area contributed by atoms with Gasteiger partial charge in [-0.2, -0.15) is 0 Å². The maximum absolute atomic E-state index is 12.3. The van der Waals surface area contributed by atoms with Crippen molar-refractivity contribution in [2.24, 2.45) is 0 Å². The molecule has 7 nitrogen and oxygen atoms in total. The number of halogens is 1. The van der Waals surface area contributed by atoms with E-state index in [0.29, 0.717) is 10.7 Å². The van der Waals surface area contributed by atoms with Gasteiger partial charge in [-0.3, -0.25) is 14.5 Å². The number of nitrogens with one attached hydrogen (secondary N) is 2. The Kier molecular flexibility index (Phi) is 7.46. The molecule has 1 aliphatic rings. The molecule has 0 unspecified atom stereocenters. The second kappa shape index (κ2) is 10.2. The third-order valence-corrected chi connectivity index (χ3v) is 4.70. The van der Waals surface area contributed by atoms with Gasteiger partial charge in [-0.1, -0.05) is 17.7 Å². The Morgan fingerprint density at radius 1 is 1.00 bits per heavy atom. The maximum Gasteiger partial charge on any atom is 0.238 e. The molecule has 154 valence electrons. The first-order valence-electron chi connectivity index (χ1n) is 9.46. The normalized spacial score (nSPS) is 14.0. The van der Waals surface area contributed by atoms with Gasteiger partial charge in [0.05, 0.1) is 26.3 Å². The highest BCUT2D eigenvalue weighted by molar-refractivity contribution is 6.30. The second-order valence-corrected chi connectivity index (χ2v) is 7.36. The number of carbonyl (C=O) groups is 2. The van der Waals surface area contributed by atoms with Gasteiger partial charge < -0.3 is 20.3 Å². The van der Waals surface area contributed by atoms with Crippen LogP contribution in [0, 0.1) is 0 Å². The summed E-state index contributed by atoms with van der Waals surface area (Å²) in [5.41, 5.74) is 2.46. The summed E-state index contributed by atoms with van der Waals surface area (Å²) in [4.78, 5) is 28.3. The molecule has 1 fully saturated rings. The Morgan fingerprint density at radius 2 is 1.62 bits per heavy atom. The summed E-state index contributed by atoms with van der Waals surface area (Å²) >= 11 is 5.91. The molecule has 3 rings (SSSR count). The van der Waals surface area contributed by atoms with E-state index in [1.165, 1.54) is 0 Å². The van der Waals surface area contributed by atoms with Gasteiger partial charge in [0.1, 0.15) is 0 Å². The first-order valence-corrected chi connectivity index (χ1v) is 9.84. The second-order valence-electron chi connectivity index (χ2n) is 6.93. The summed E-state index contributed by atoms with van der Waals surface area (Å²) in [7, 11) is 1.72. The molecule has 29 heavy (non-hydrogen) atoms. The highest BCUT2D eigenvalue weighted by Crippen LogP contribution is 2.19. The molecule has 2 amide bonds. The number of nitrogens with zero attached hydrogens (tertiary/aromatic N) is 2. The quantitative estimate of drug-likeness (QED) is 0.726. The summed E-state index contributed by atoms with van der Waals surface area (Å²) in [5.74, 6) is -0.389. The third kappa shape index (κ3) is 6.74. The van der Waals surface area contributed by atoms with Gasteiger partial charge in [-0.25, -0.2) is 0 Å². The van der Waals surface area contributed by atoms with E-state index in [9.17, 15) is 9.59 Å². The number of hydrogen-bond donors (Lipinski definition) is 2. The van der Waals surface area contributed by atoms with Gasteiger partial charge in [0.25, 0.3) is 0 Å². The monoisotopic (exact) mass is 416 g/mol. The lowest BCUT2D eigenvalue weighted by Crippen LogP contribution is -2.36. The molecule has 1 heterocycles. The van der Waals surface area contributed by atoms with Crippen LogP contribution in [0.4, 0.5) is 17.1 Å². The van der Waals surface area contributed by atoms with Crippen molar-refractivity contribution < 1.29 is 14.3 Å². The number of anilines is 3. The summed E-state index contributed by atoms with van der Waals surface area (Å²) in [6.07, 6.45) is 0. The summed E-state index contributed by atoms with van der Waals surface area (Å²) in [6, 6.07) is 14.7. The zero-order chi connectivity index (χ0) is 20.6. The maximum atomic E-state index is 12.3. The fourth-order valence-electron chi connectivity index (χ4n) is 3.09. The van der Waals surface area contributed by atoms with Gasteiger partial charge in [-0.15, -0.1) is 0 Å². The van der Waals surface area contributed by atoms with Gasteiger partial charge >= 0.3 is 0 Å². The lowest BCUT2D eigenvalue weighted by Gasteiger charge is -2.28. The highest BCUT2D eigenvalue weighted by atomic mass is 35.5. The van der Waals surface area contributed by atoms with Crippen LogP contribution in [0.5, 0.6) is 0 Å². The van der Waals surface area contributed by atoms with Crippen LogP contribution in [0.1, 0.15) is 0 Å². The molecule has 0 bridgehead atoms. The lowest BCUT2D eigenvalue weighted by molar-refractivity contribution is -0.119. The molecule has 1 aliphatic heterocycles. The van der Waals surface area contributed by atoms with Crippen LogP contribution in [0.2, 0.25) is 5.02 Å². The zero-order valence-corrected chi connectivity index (χ0v) is 17.1. The SMILES string of the molecule is CN(CC(=O)Nc1ccc(N2CCOCC2)cc1)CC(=O)Nc1cccc(Cl)c1. The molecule has 8 heteroatoms. The topological polar surface area (TPSA) is 73.9 Å². The van der Waals surface area contributed by atoms with Crippen LogP contribution < -0.4 is 15.5 Å². The van der Waals surface area contributed by atoms with Gasteiger partial charge in [0.2, 0.25) is 11.8 Å². The number of likely N-dealkylation sites (N-methyl/N-ethyl adjacent to an activating group) is 1. The van der Waals surface area contributed by atoms with E-state index >= 15 is 0 Å². The van der Waals surface area contributed by atoms with Crippen molar-refractivity contribution >= 4 is 40.5 Å². The predicted octanol–water partition coefficient (Wildman–Crippen LogP) is 2.69. The Bertz CT molecular complexity index is 838. The number of amides is 2. The summed E-state index contributed by atoms with van der Waals surface area (Å²) in [5, 5.41) is 6.18. The highest BCUT2D eigenvalue weighted by Gasteiger charge is 2.13. The van der Waals surface area contributed by atoms with E-state index in [-0.39, 0.29) is 24.9 Å². The molecule has 0 saturated carbocycles. The average Bonchev–Trinajstić information content (AvgIpc) is 2.69. The molecule has 0 aromatic heterocycles. The molecule has 0 spiro atoms. The van der Waals surface area contributed by atoms with Crippen molar-refractivity contribution in [3.8, 4) is 0 Å². The summed E-state index contributed by atoms with van der Waals surface area (Å²) < 4.78 is 5.36. The molecule has 0 radical (unpaired) electrons. The van der Waals surface area contributed by atoms with Crippen LogP contribution in [0.15, 0.2) is 48.5 Å². The van der Waals surface area contributed by atoms with Crippen molar-refractivity contribution in [3.05, 3.63) is 53.6 Å². The van der Waals surface area contributed by atoms with Crippen molar-refractivity contribution in [1.82, 2.24) is 4.90 Å². The number of carbonyl (C=O) groups excluding carboxylic acids is 2. The Hall–Kier alpha value is -2.61. The van der Waals surface area contributed by atoms with Crippen LogP contribution in [-0.2, 0) is 14.3 Å². The standard InChI is InChI=1S/C21H25ClN4O3/c1-25(15-21(28)24-18-4-2-3-16(22)13-18)14-20(27)23-17-5-7-19(8-6-17)26-9-11-29-12-10-26/h2-8,13H,9-12,14-15H2,1H3,(H,23,27)(H,24,28). The van der Waals surface area contributed by atoms with Crippen molar-refractivity contribution in [1.29, 1.82) is 0 Å². The molecule has 2 aromatic rings.